The third kappa shape index (κ3) is 4.95. The van der Waals surface area contributed by atoms with Crippen molar-refractivity contribution in [1.82, 2.24) is 4.90 Å². The number of nitrogens with zero attached hydrogens (tertiary/aromatic N) is 4. The molecule has 0 aromatic heterocycles. The molecule has 1 N–H and O–H groups in total. The molecule has 1 heterocycles. The third-order valence-corrected chi connectivity index (χ3v) is 5.18. The minimum Gasteiger partial charge on any atom is -0.468 e. The van der Waals surface area contributed by atoms with Gasteiger partial charge in [0.15, 0.2) is 0 Å². The summed E-state index contributed by atoms with van der Waals surface area (Å²) >= 11 is 3.44. The van der Waals surface area contributed by atoms with E-state index in [1.54, 1.807) is 0 Å². The van der Waals surface area contributed by atoms with Crippen molar-refractivity contribution >= 4 is 21.9 Å². The molecule has 0 bridgehead atoms. The van der Waals surface area contributed by atoms with Gasteiger partial charge in [0.25, 0.3) is 0 Å². The lowest BCUT2D eigenvalue weighted by atomic mass is 9.82. The van der Waals surface area contributed by atoms with Crippen LogP contribution in [0.15, 0.2) is 33.9 Å². The lowest BCUT2D eigenvalue weighted by molar-refractivity contribution is -0.152. The summed E-state index contributed by atoms with van der Waals surface area (Å²) in [6.45, 7) is 2.36. The molecule has 1 aromatic carbocycles. The largest absolute Gasteiger partial charge is 0.468 e. The van der Waals surface area contributed by atoms with Crippen LogP contribution in [0.1, 0.15) is 31.4 Å². The van der Waals surface area contributed by atoms with E-state index in [4.69, 9.17) is 10.3 Å². The van der Waals surface area contributed by atoms with Crippen LogP contribution >= 0.6 is 15.9 Å². The van der Waals surface area contributed by atoms with Crippen molar-refractivity contribution in [1.29, 1.82) is 0 Å². The molecule has 0 radical (unpaired) electrons. The van der Waals surface area contributed by atoms with E-state index in [9.17, 15) is 9.90 Å². The van der Waals surface area contributed by atoms with Crippen LogP contribution in [-0.4, -0.2) is 48.3 Å². The van der Waals surface area contributed by atoms with Gasteiger partial charge in [-0.3, -0.25) is 9.69 Å². The number of β-amino-alcohol motifs (C(OH)–C–C–N with tert-alkyl or cyclic N) is 1. The average Bonchev–Trinajstić information content (AvgIpc) is 2.61. The number of aliphatic hydroxyl groups is 1. The highest BCUT2D eigenvalue weighted by molar-refractivity contribution is 9.10. The number of benzene rings is 1. The fourth-order valence-corrected chi connectivity index (χ4v) is 3.77. The van der Waals surface area contributed by atoms with Gasteiger partial charge in [-0.15, -0.1) is 0 Å². The fraction of sp³-hybridized carbons (Fsp3) is 0.588. The van der Waals surface area contributed by atoms with Gasteiger partial charge in [0.1, 0.15) is 6.04 Å². The maximum absolute atomic E-state index is 12.3. The molecule has 1 aromatic rings. The first-order valence-corrected chi connectivity index (χ1v) is 9.05. The average molecular weight is 411 g/mol. The minimum absolute atomic E-state index is 0.0216. The van der Waals surface area contributed by atoms with Gasteiger partial charge < -0.3 is 9.84 Å². The van der Waals surface area contributed by atoms with Crippen LogP contribution in [0.3, 0.4) is 0 Å². The standard InChI is InChI=1S/C17H23BrN4O3/c1-11-3-8-15(17(24)25-2)22(10-14(23)9-20-21-19)16(11)12-4-6-13(18)7-5-12/h4-7,11,14-16,23H,3,8-10H2,1-2H3/t11-,14+,15-,16-/m0/s1. The lowest BCUT2D eigenvalue weighted by Crippen LogP contribution is -2.52. The first-order chi connectivity index (χ1) is 12.0. The van der Waals surface area contributed by atoms with Crippen molar-refractivity contribution in [3.05, 3.63) is 44.7 Å². The molecule has 1 aliphatic rings. The number of hydrogen-bond donors (Lipinski definition) is 1. The summed E-state index contributed by atoms with van der Waals surface area (Å²) in [5.74, 6) is 0.0127. The van der Waals surface area contributed by atoms with Gasteiger partial charge in [-0.25, -0.2) is 0 Å². The molecule has 0 unspecified atom stereocenters. The SMILES string of the molecule is COC(=O)[C@@H]1CC[C@H](C)[C@@H](c2ccc(Br)cc2)N1C[C@H](O)CN=[N+]=[N-]. The topological polar surface area (TPSA) is 98.5 Å². The first kappa shape index (κ1) is 19.7. The normalized spacial score (nSPS) is 25.0. The number of carbonyl (C=O) groups excluding carboxylic acids is 1. The smallest absolute Gasteiger partial charge is 0.323 e. The Morgan fingerprint density at radius 3 is 2.76 bits per heavy atom. The van der Waals surface area contributed by atoms with Gasteiger partial charge in [-0.2, -0.15) is 0 Å². The number of piperidine rings is 1. The second-order valence-corrected chi connectivity index (χ2v) is 7.27. The Morgan fingerprint density at radius 2 is 2.16 bits per heavy atom. The number of carbonyl (C=O) groups is 1. The maximum Gasteiger partial charge on any atom is 0.323 e. The zero-order valence-corrected chi connectivity index (χ0v) is 16.0. The third-order valence-electron chi connectivity index (χ3n) is 4.65. The van der Waals surface area contributed by atoms with Crippen LogP contribution in [-0.2, 0) is 9.53 Å². The number of likely N-dealkylation sites (tertiary alicyclic amines) is 1. The van der Waals surface area contributed by atoms with Crippen LogP contribution < -0.4 is 0 Å². The Labute approximate surface area is 155 Å². The second kappa shape index (κ2) is 9.20. The molecule has 7 nitrogen and oxygen atoms in total. The Morgan fingerprint density at radius 1 is 1.48 bits per heavy atom. The van der Waals surface area contributed by atoms with Crippen molar-refractivity contribution in [2.75, 3.05) is 20.2 Å². The van der Waals surface area contributed by atoms with E-state index in [2.05, 4.69) is 32.9 Å². The zero-order chi connectivity index (χ0) is 18.4. The summed E-state index contributed by atoms with van der Waals surface area (Å²) in [6.07, 6.45) is 0.727. The predicted molar refractivity (Wildman–Crippen MR) is 97.8 cm³/mol. The number of methoxy groups -OCH3 is 1. The molecule has 2 rings (SSSR count). The molecule has 25 heavy (non-hydrogen) atoms. The van der Waals surface area contributed by atoms with Crippen LogP contribution in [0, 0.1) is 5.92 Å². The van der Waals surface area contributed by atoms with Gasteiger partial charge in [0, 0.05) is 22.0 Å². The molecule has 0 spiro atoms. The Hall–Kier alpha value is -1.60. The highest BCUT2D eigenvalue weighted by Gasteiger charge is 2.40. The Bertz CT molecular complexity index is 633. The summed E-state index contributed by atoms with van der Waals surface area (Å²) in [5, 5.41) is 13.7. The van der Waals surface area contributed by atoms with Crippen molar-refractivity contribution in [2.45, 2.75) is 38.0 Å². The van der Waals surface area contributed by atoms with E-state index in [1.807, 2.05) is 29.2 Å². The summed E-state index contributed by atoms with van der Waals surface area (Å²) < 4.78 is 5.95. The summed E-state index contributed by atoms with van der Waals surface area (Å²) in [7, 11) is 1.38. The van der Waals surface area contributed by atoms with Crippen LogP contribution in [0.2, 0.25) is 0 Å². The molecule has 0 aliphatic carbocycles. The van der Waals surface area contributed by atoms with Crippen LogP contribution in [0.5, 0.6) is 0 Å². The molecule has 136 valence electrons. The molecule has 1 saturated heterocycles. The molecule has 1 aliphatic heterocycles. The highest BCUT2D eigenvalue weighted by Crippen LogP contribution is 2.39. The second-order valence-electron chi connectivity index (χ2n) is 6.35. The highest BCUT2D eigenvalue weighted by atomic mass is 79.9. The predicted octanol–water partition coefficient (Wildman–Crippen LogP) is 3.43. The number of halogens is 1. The molecule has 0 saturated carbocycles. The number of rotatable bonds is 6. The Kier molecular flexibility index (Phi) is 7.25. The number of azide groups is 1. The van der Waals surface area contributed by atoms with Crippen LogP contribution in [0.4, 0.5) is 0 Å². The molecule has 1 fully saturated rings. The number of hydrogen-bond acceptors (Lipinski definition) is 5. The molecular formula is C17H23BrN4O3. The van der Waals surface area contributed by atoms with Gasteiger partial charge in [0.05, 0.1) is 19.8 Å². The van der Waals surface area contributed by atoms with E-state index in [-0.39, 0.29) is 25.1 Å². The van der Waals surface area contributed by atoms with Crippen LogP contribution in [0.25, 0.3) is 10.4 Å². The van der Waals surface area contributed by atoms with E-state index in [1.165, 1.54) is 7.11 Å². The van der Waals surface area contributed by atoms with E-state index >= 15 is 0 Å². The first-order valence-electron chi connectivity index (χ1n) is 8.25. The minimum atomic E-state index is -0.841. The van der Waals surface area contributed by atoms with Gasteiger partial charge in [-0.1, -0.05) is 40.1 Å². The number of esters is 1. The van der Waals surface area contributed by atoms with E-state index in [0.29, 0.717) is 12.3 Å². The van der Waals surface area contributed by atoms with E-state index < -0.39 is 12.1 Å². The van der Waals surface area contributed by atoms with E-state index in [0.717, 1.165) is 16.5 Å². The lowest BCUT2D eigenvalue weighted by Gasteiger charge is -2.45. The van der Waals surface area contributed by atoms with Crippen molar-refractivity contribution in [3.8, 4) is 0 Å². The van der Waals surface area contributed by atoms with Crippen molar-refractivity contribution in [3.63, 3.8) is 0 Å². The maximum atomic E-state index is 12.3. The summed E-state index contributed by atoms with van der Waals surface area (Å²) in [6, 6.07) is 7.55. The number of ether oxygens (including phenoxy) is 1. The van der Waals surface area contributed by atoms with Gasteiger partial charge >= 0.3 is 5.97 Å². The van der Waals surface area contributed by atoms with Crippen molar-refractivity contribution < 1.29 is 14.6 Å². The molecular weight excluding hydrogens is 388 g/mol. The number of aliphatic hydroxyl groups excluding tert-OH is 1. The molecule has 8 heteroatoms. The summed E-state index contributed by atoms with van der Waals surface area (Å²) in [4.78, 5) is 17.0. The quantitative estimate of drug-likeness (QED) is 0.336. The van der Waals surface area contributed by atoms with Crippen molar-refractivity contribution in [2.24, 2.45) is 11.0 Å². The molecule has 4 atom stereocenters. The van der Waals surface area contributed by atoms with Gasteiger partial charge in [0.2, 0.25) is 0 Å². The zero-order valence-electron chi connectivity index (χ0n) is 14.4. The molecule has 0 amide bonds. The Balaban J connectivity index is 2.33. The fourth-order valence-electron chi connectivity index (χ4n) is 3.51. The monoisotopic (exact) mass is 410 g/mol. The summed E-state index contributed by atoms with van der Waals surface area (Å²) in [5.41, 5.74) is 9.54. The van der Waals surface area contributed by atoms with Gasteiger partial charge in [-0.05, 0) is 42.0 Å².